The first-order valence-electron chi connectivity index (χ1n) is 8.38. The van der Waals surface area contributed by atoms with Crippen molar-refractivity contribution in [3.05, 3.63) is 36.8 Å². The normalized spacial score (nSPS) is 18.5. The Hall–Kier alpha value is -2.37. The van der Waals surface area contributed by atoms with E-state index in [0.717, 1.165) is 51.0 Å². The van der Waals surface area contributed by atoms with Gasteiger partial charge in [0, 0.05) is 63.5 Å². The fourth-order valence-corrected chi connectivity index (χ4v) is 3.33. The van der Waals surface area contributed by atoms with Gasteiger partial charge in [-0.25, -0.2) is 4.98 Å². The van der Waals surface area contributed by atoms with E-state index in [-0.39, 0.29) is 0 Å². The van der Waals surface area contributed by atoms with Gasteiger partial charge >= 0.3 is 0 Å². The highest BCUT2D eigenvalue weighted by Gasteiger charge is 2.21. The number of aromatic nitrogens is 3. The molecule has 2 aliphatic rings. The maximum atomic E-state index is 4.79. The molecule has 0 aromatic carbocycles. The van der Waals surface area contributed by atoms with Crippen molar-refractivity contribution in [2.75, 3.05) is 54.0 Å². The monoisotopic (exact) mass is 310 g/mol. The van der Waals surface area contributed by atoms with E-state index in [4.69, 9.17) is 4.98 Å². The van der Waals surface area contributed by atoms with Gasteiger partial charge in [0.05, 0.1) is 0 Å². The van der Waals surface area contributed by atoms with Crippen molar-refractivity contribution in [2.45, 2.75) is 12.8 Å². The molecule has 4 rings (SSSR count). The minimum Gasteiger partial charge on any atom is -0.368 e. The van der Waals surface area contributed by atoms with Crippen LogP contribution in [0.4, 0.5) is 17.5 Å². The summed E-state index contributed by atoms with van der Waals surface area (Å²) in [5, 5.41) is 0. The van der Waals surface area contributed by atoms with Crippen molar-refractivity contribution in [1.82, 2.24) is 15.0 Å². The molecule has 0 N–H and O–H groups in total. The van der Waals surface area contributed by atoms with Gasteiger partial charge in [-0.05, 0) is 31.0 Å². The van der Waals surface area contributed by atoms with Gasteiger partial charge in [-0.3, -0.25) is 4.98 Å². The third kappa shape index (κ3) is 3.06. The summed E-state index contributed by atoms with van der Waals surface area (Å²) in [6, 6.07) is 6.17. The molecule has 0 aliphatic carbocycles. The second-order valence-corrected chi connectivity index (χ2v) is 6.09. The van der Waals surface area contributed by atoms with Crippen LogP contribution >= 0.6 is 0 Å². The van der Waals surface area contributed by atoms with Crippen LogP contribution in [0, 0.1) is 0 Å². The number of anilines is 3. The zero-order valence-corrected chi connectivity index (χ0v) is 13.3. The summed E-state index contributed by atoms with van der Waals surface area (Å²) in [6.07, 6.45) is 8.13. The van der Waals surface area contributed by atoms with Crippen LogP contribution in [0.2, 0.25) is 0 Å². The van der Waals surface area contributed by atoms with E-state index < -0.39 is 0 Å². The standard InChI is InChI=1S/C17H22N6/c1-2-10-22(9-1)16-5-8-19-17(20-16)23-13-11-21(12-14-23)15-3-6-18-7-4-15/h3-8H,1-2,9-14H2. The first kappa shape index (κ1) is 14.2. The van der Waals surface area contributed by atoms with E-state index in [0.29, 0.717) is 0 Å². The Bertz CT molecular complexity index is 633. The molecular formula is C17H22N6. The summed E-state index contributed by atoms with van der Waals surface area (Å²) in [5.41, 5.74) is 1.24. The Morgan fingerprint density at radius 2 is 1.39 bits per heavy atom. The summed E-state index contributed by atoms with van der Waals surface area (Å²) < 4.78 is 0. The van der Waals surface area contributed by atoms with Crippen LogP contribution in [0.5, 0.6) is 0 Å². The van der Waals surface area contributed by atoms with Crippen molar-refractivity contribution in [3.8, 4) is 0 Å². The average Bonchev–Trinajstić information content (AvgIpc) is 3.18. The Morgan fingerprint density at radius 1 is 0.696 bits per heavy atom. The lowest BCUT2D eigenvalue weighted by Crippen LogP contribution is -2.47. The van der Waals surface area contributed by atoms with Crippen LogP contribution in [-0.2, 0) is 0 Å². The molecule has 0 saturated carbocycles. The van der Waals surface area contributed by atoms with Crippen LogP contribution < -0.4 is 14.7 Å². The number of pyridine rings is 1. The van der Waals surface area contributed by atoms with Crippen LogP contribution in [0.1, 0.15) is 12.8 Å². The molecule has 0 atom stereocenters. The smallest absolute Gasteiger partial charge is 0.227 e. The zero-order chi connectivity index (χ0) is 15.5. The Labute approximate surface area is 136 Å². The second kappa shape index (κ2) is 6.40. The molecule has 2 fully saturated rings. The van der Waals surface area contributed by atoms with E-state index in [2.05, 4.69) is 36.8 Å². The molecule has 2 saturated heterocycles. The van der Waals surface area contributed by atoms with E-state index in [1.165, 1.54) is 18.5 Å². The highest BCUT2D eigenvalue weighted by atomic mass is 15.3. The summed E-state index contributed by atoms with van der Waals surface area (Å²) >= 11 is 0. The van der Waals surface area contributed by atoms with Gasteiger partial charge in [-0.2, -0.15) is 4.98 Å². The molecule has 0 amide bonds. The molecule has 4 heterocycles. The maximum absolute atomic E-state index is 4.79. The lowest BCUT2D eigenvalue weighted by Gasteiger charge is -2.36. The van der Waals surface area contributed by atoms with E-state index in [1.54, 1.807) is 0 Å². The topological polar surface area (TPSA) is 48.4 Å². The van der Waals surface area contributed by atoms with Crippen LogP contribution in [0.3, 0.4) is 0 Å². The quantitative estimate of drug-likeness (QED) is 0.861. The molecule has 0 unspecified atom stereocenters. The lowest BCUT2D eigenvalue weighted by atomic mass is 10.3. The summed E-state index contributed by atoms with van der Waals surface area (Å²) in [6.45, 7) is 6.11. The van der Waals surface area contributed by atoms with E-state index in [1.807, 2.05) is 24.7 Å². The highest BCUT2D eigenvalue weighted by molar-refractivity contribution is 5.48. The summed E-state index contributed by atoms with van der Waals surface area (Å²) in [4.78, 5) is 20.4. The minimum absolute atomic E-state index is 0.865. The largest absolute Gasteiger partial charge is 0.368 e. The van der Waals surface area contributed by atoms with Crippen LogP contribution in [0.15, 0.2) is 36.8 Å². The molecule has 6 heteroatoms. The number of piperazine rings is 1. The Kier molecular flexibility index (Phi) is 3.96. The van der Waals surface area contributed by atoms with Crippen molar-refractivity contribution in [1.29, 1.82) is 0 Å². The second-order valence-electron chi connectivity index (χ2n) is 6.09. The van der Waals surface area contributed by atoms with Crippen molar-refractivity contribution in [2.24, 2.45) is 0 Å². The lowest BCUT2D eigenvalue weighted by molar-refractivity contribution is 0.639. The molecule has 0 bridgehead atoms. The molecule has 2 aromatic rings. The first-order chi connectivity index (χ1) is 11.4. The number of hydrogen-bond donors (Lipinski definition) is 0. The van der Waals surface area contributed by atoms with Gasteiger partial charge in [0.1, 0.15) is 5.82 Å². The predicted octanol–water partition coefficient (Wildman–Crippen LogP) is 1.80. The molecule has 0 spiro atoms. The predicted molar refractivity (Wildman–Crippen MR) is 92.1 cm³/mol. The van der Waals surface area contributed by atoms with Gasteiger partial charge in [0.25, 0.3) is 0 Å². The molecule has 2 aliphatic heterocycles. The third-order valence-electron chi connectivity index (χ3n) is 4.65. The average molecular weight is 310 g/mol. The molecular weight excluding hydrogens is 288 g/mol. The molecule has 2 aromatic heterocycles. The van der Waals surface area contributed by atoms with E-state index in [9.17, 15) is 0 Å². The van der Waals surface area contributed by atoms with Gasteiger partial charge in [-0.15, -0.1) is 0 Å². The molecule has 0 radical (unpaired) electrons. The van der Waals surface area contributed by atoms with Crippen molar-refractivity contribution in [3.63, 3.8) is 0 Å². The molecule has 6 nitrogen and oxygen atoms in total. The zero-order valence-electron chi connectivity index (χ0n) is 13.3. The van der Waals surface area contributed by atoms with E-state index >= 15 is 0 Å². The fourth-order valence-electron chi connectivity index (χ4n) is 3.33. The number of nitrogens with zero attached hydrogens (tertiary/aromatic N) is 6. The number of hydrogen-bond acceptors (Lipinski definition) is 6. The van der Waals surface area contributed by atoms with Crippen molar-refractivity contribution < 1.29 is 0 Å². The fraction of sp³-hybridized carbons (Fsp3) is 0.471. The minimum atomic E-state index is 0.865. The van der Waals surface area contributed by atoms with Crippen molar-refractivity contribution >= 4 is 17.5 Å². The summed E-state index contributed by atoms with van der Waals surface area (Å²) in [5.74, 6) is 1.94. The molecule has 120 valence electrons. The van der Waals surface area contributed by atoms with Gasteiger partial charge in [0.2, 0.25) is 5.95 Å². The first-order valence-corrected chi connectivity index (χ1v) is 8.38. The highest BCUT2D eigenvalue weighted by Crippen LogP contribution is 2.21. The van der Waals surface area contributed by atoms with Crippen LogP contribution in [-0.4, -0.2) is 54.2 Å². The van der Waals surface area contributed by atoms with Gasteiger partial charge in [0.15, 0.2) is 0 Å². The van der Waals surface area contributed by atoms with Gasteiger partial charge < -0.3 is 14.7 Å². The Balaban J connectivity index is 1.43. The summed E-state index contributed by atoms with van der Waals surface area (Å²) in [7, 11) is 0. The third-order valence-corrected chi connectivity index (χ3v) is 4.65. The molecule has 23 heavy (non-hydrogen) atoms. The Morgan fingerprint density at radius 3 is 2.13 bits per heavy atom. The number of rotatable bonds is 3. The van der Waals surface area contributed by atoms with Gasteiger partial charge in [-0.1, -0.05) is 0 Å². The van der Waals surface area contributed by atoms with Crippen LogP contribution in [0.25, 0.3) is 0 Å². The maximum Gasteiger partial charge on any atom is 0.227 e. The SMILES string of the molecule is c1cc(N2CCN(c3nccc(N4CCCC4)n3)CC2)ccn1.